The first-order valence-corrected chi connectivity index (χ1v) is 10.1. The zero-order valence-electron chi connectivity index (χ0n) is 15.2. The van der Waals surface area contributed by atoms with E-state index in [1.54, 1.807) is 16.8 Å². The highest BCUT2D eigenvalue weighted by atomic mass is 32.1. The fraction of sp³-hybridized carbons (Fsp3) is 0.421. The largest absolute Gasteiger partial charge is 0.507 e. The molecule has 2 fully saturated rings. The molecule has 0 amide bonds. The van der Waals surface area contributed by atoms with Crippen LogP contribution in [0.5, 0.6) is 10.9 Å². The molecule has 2 aliphatic heterocycles. The number of nitrogens with one attached hydrogen (secondary N) is 1. The van der Waals surface area contributed by atoms with Gasteiger partial charge in [-0.15, -0.1) is 5.10 Å². The van der Waals surface area contributed by atoms with Gasteiger partial charge in [0.05, 0.1) is 16.9 Å². The Balaban J connectivity index is 1.34. The highest BCUT2D eigenvalue weighted by molar-refractivity contribution is 7.16. The van der Waals surface area contributed by atoms with Gasteiger partial charge in [-0.2, -0.15) is 5.10 Å². The number of aryl methyl sites for hydroxylation is 1. The monoisotopic (exact) mass is 401 g/mol. The summed E-state index contributed by atoms with van der Waals surface area (Å²) in [5.41, 5.74) is 2.20. The van der Waals surface area contributed by atoms with Crippen LogP contribution in [-0.4, -0.2) is 49.4 Å². The molecule has 5 rings (SSSR count). The lowest BCUT2D eigenvalue weighted by molar-refractivity contribution is 0.0453. The van der Waals surface area contributed by atoms with Gasteiger partial charge in [0, 0.05) is 30.8 Å². The molecule has 0 radical (unpaired) electrons. The van der Waals surface area contributed by atoms with Crippen molar-refractivity contribution < 1.29 is 14.2 Å². The number of fused-ring (bicyclic) bond motifs is 2. The molecule has 3 aromatic rings. The summed E-state index contributed by atoms with van der Waals surface area (Å²) in [5.74, 6) is 0.0802. The van der Waals surface area contributed by atoms with Crippen LogP contribution in [-0.2, 0) is 0 Å². The summed E-state index contributed by atoms with van der Waals surface area (Å²) < 4.78 is 22.1. The van der Waals surface area contributed by atoms with Gasteiger partial charge in [-0.25, -0.2) is 9.07 Å². The molecule has 2 bridgehead atoms. The standard InChI is InChI=1S/C19H20FN5O2S/c1-10-6-7-25(24-10)12-3-4-13(15(26)9-12)18-22-23-19(28-18)27-16-8-11-2-5-14(21-11)17(16)20/h3-4,6-7,9,11,14,16-17,21,26H,2,5,8H2,1H3. The summed E-state index contributed by atoms with van der Waals surface area (Å²) in [6, 6.07) is 7.34. The van der Waals surface area contributed by atoms with Crippen LogP contribution in [0, 0.1) is 6.92 Å². The first kappa shape index (κ1) is 17.6. The third-order valence-corrected chi connectivity index (χ3v) is 6.24. The second kappa shape index (κ2) is 6.82. The number of hydrogen-bond donors (Lipinski definition) is 2. The van der Waals surface area contributed by atoms with Crippen LogP contribution in [0.4, 0.5) is 4.39 Å². The Labute approximate surface area is 165 Å². The van der Waals surface area contributed by atoms with Crippen LogP contribution in [0.3, 0.4) is 0 Å². The minimum absolute atomic E-state index is 0.0802. The Hall–Kier alpha value is -2.52. The summed E-state index contributed by atoms with van der Waals surface area (Å²) in [4.78, 5) is 0. The van der Waals surface area contributed by atoms with E-state index in [0.29, 0.717) is 28.2 Å². The number of nitrogens with zero attached hydrogens (tertiary/aromatic N) is 4. The molecule has 2 N–H and O–H groups in total. The molecule has 0 aliphatic carbocycles. The Kier molecular flexibility index (Phi) is 4.28. The summed E-state index contributed by atoms with van der Waals surface area (Å²) in [5, 5.41) is 27.1. The van der Waals surface area contributed by atoms with Crippen molar-refractivity contribution in [3.8, 4) is 27.2 Å². The minimum atomic E-state index is -1.05. The van der Waals surface area contributed by atoms with Crippen molar-refractivity contribution in [2.24, 2.45) is 0 Å². The van der Waals surface area contributed by atoms with Gasteiger partial charge in [-0.1, -0.05) is 16.4 Å². The highest BCUT2D eigenvalue weighted by Crippen LogP contribution is 2.37. The summed E-state index contributed by atoms with van der Waals surface area (Å²) in [6.45, 7) is 1.91. The number of hydrogen-bond acceptors (Lipinski definition) is 7. The van der Waals surface area contributed by atoms with Gasteiger partial charge >= 0.3 is 0 Å². The van der Waals surface area contributed by atoms with E-state index in [9.17, 15) is 9.50 Å². The average Bonchev–Trinajstić information content (AvgIpc) is 3.40. The van der Waals surface area contributed by atoms with E-state index in [4.69, 9.17) is 4.74 Å². The summed E-state index contributed by atoms with van der Waals surface area (Å²) >= 11 is 1.21. The van der Waals surface area contributed by atoms with Gasteiger partial charge < -0.3 is 15.2 Å². The topological polar surface area (TPSA) is 85.1 Å². The first-order valence-electron chi connectivity index (χ1n) is 9.33. The molecule has 0 spiro atoms. The van der Waals surface area contributed by atoms with Gasteiger partial charge in [0.15, 0.2) is 11.2 Å². The number of piperidine rings is 1. The van der Waals surface area contributed by atoms with E-state index >= 15 is 0 Å². The Morgan fingerprint density at radius 2 is 2.18 bits per heavy atom. The molecule has 9 heteroatoms. The minimum Gasteiger partial charge on any atom is -0.507 e. The molecule has 4 atom stereocenters. The molecule has 0 saturated carbocycles. The maximum absolute atomic E-state index is 14.5. The van der Waals surface area contributed by atoms with Crippen LogP contribution >= 0.6 is 11.3 Å². The van der Waals surface area contributed by atoms with Crippen molar-refractivity contribution in [2.75, 3.05) is 0 Å². The molecule has 28 heavy (non-hydrogen) atoms. The first-order chi connectivity index (χ1) is 13.6. The number of benzene rings is 1. The number of phenols is 1. The summed E-state index contributed by atoms with van der Waals surface area (Å²) in [7, 11) is 0. The predicted octanol–water partition coefficient (Wildman–Crippen LogP) is 3.01. The van der Waals surface area contributed by atoms with Crippen molar-refractivity contribution >= 4 is 11.3 Å². The van der Waals surface area contributed by atoms with E-state index in [2.05, 4.69) is 20.6 Å². The molecule has 4 heterocycles. The van der Waals surface area contributed by atoms with Crippen LogP contribution in [0.2, 0.25) is 0 Å². The molecule has 146 valence electrons. The van der Waals surface area contributed by atoms with E-state index < -0.39 is 12.3 Å². The van der Waals surface area contributed by atoms with Crippen molar-refractivity contribution in [1.29, 1.82) is 0 Å². The van der Waals surface area contributed by atoms with E-state index in [1.165, 1.54) is 11.3 Å². The van der Waals surface area contributed by atoms with Gasteiger partial charge in [0.2, 0.25) is 0 Å². The lowest BCUT2D eigenvalue weighted by atomic mass is 10.0. The molecule has 4 unspecified atom stereocenters. The van der Waals surface area contributed by atoms with Crippen LogP contribution in [0.15, 0.2) is 30.5 Å². The van der Waals surface area contributed by atoms with Crippen LogP contribution in [0.1, 0.15) is 25.0 Å². The normalized spacial score (nSPS) is 26.5. The number of phenolic OH excluding ortho intramolecular Hbond substituents is 1. The molecule has 1 aromatic carbocycles. The number of aromatic nitrogens is 4. The van der Waals surface area contributed by atoms with Gasteiger partial charge in [0.25, 0.3) is 5.19 Å². The van der Waals surface area contributed by atoms with Gasteiger partial charge in [-0.05, 0) is 38.0 Å². The number of rotatable bonds is 4. The molecular formula is C19H20FN5O2S. The van der Waals surface area contributed by atoms with Crippen LogP contribution < -0.4 is 10.1 Å². The fourth-order valence-corrected chi connectivity index (χ4v) is 4.75. The lowest BCUT2D eigenvalue weighted by Crippen LogP contribution is -2.51. The van der Waals surface area contributed by atoms with Crippen molar-refractivity contribution in [3.05, 3.63) is 36.2 Å². The maximum atomic E-state index is 14.5. The average molecular weight is 401 g/mol. The number of alkyl halides is 1. The fourth-order valence-electron chi connectivity index (χ4n) is 3.97. The number of halogens is 1. The Bertz CT molecular complexity index is 1010. The molecule has 7 nitrogen and oxygen atoms in total. The van der Waals surface area contributed by atoms with Crippen molar-refractivity contribution in [1.82, 2.24) is 25.3 Å². The number of aromatic hydroxyl groups is 1. The van der Waals surface area contributed by atoms with E-state index in [1.807, 2.05) is 25.3 Å². The Morgan fingerprint density at radius 3 is 2.96 bits per heavy atom. The maximum Gasteiger partial charge on any atom is 0.294 e. The SMILES string of the molecule is Cc1ccn(-c2ccc(-c3nnc(OC4CC5CCC(N5)C4F)s3)c(O)c2)n1. The molecular weight excluding hydrogens is 381 g/mol. The molecule has 2 saturated heterocycles. The van der Waals surface area contributed by atoms with Gasteiger partial charge in [-0.3, -0.25) is 0 Å². The molecule has 2 aliphatic rings. The van der Waals surface area contributed by atoms with Crippen molar-refractivity contribution in [3.63, 3.8) is 0 Å². The molecule has 2 aromatic heterocycles. The third-order valence-electron chi connectivity index (χ3n) is 5.39. The van der Waals surface area contributed by atoms with E-state index in [0.717, 1.165) is 24.2 Å². The van der Waals surface area contributed by atoms with Crippen LogP contribution in [0.25, 0.3) is 16.3 Å². The highest BCUT2D eigenvalue weighted by Gasteiger charge is 2.43. The second-order valence-electron chi connectivity index (χ2n) is 7.36. The van der Waals surface area contributed by atoms with E-state index in [-0.39, 0.29) is 11.8 Å². The number of ether oxygens (including phenoxy) is 1. The zero-order chi connectivity index (χ0) is 19.3. The summed E-state index contributed by atoms with van der Waals surface area (Å²) in [6.07, 6.45) is 2.76. The Morgan fingerprint density at radius 1 is 1.29 bits per heavy atom. The van der Waals surface area contributed by atoms with Gasteiger partial charge in [0.1, 0.15) is 11.9 Å². The van der Waals surface area contributed by atoms with Crippen molar-refractivity contribution in [2.45, 2.75) is 50.5 Å². The second-order valence-corrected chi connectivity index (χ2v) is 8.30. The predicted molar refractivity (Wildman–Crippen MR) is 103 cm³/mol. The quantitative estimate of drug-likeness (QED) is 0.699. The zero-order valence-corrected chi connectivity index (χ0v) is 16.1. The smallest absolute Gasteiger partial charge is 0.294 e. The lowest BCUT2D eigenvalue weighted by Gasteiger charge is -2.31. The third kappa shape index (κ3) is 3.14.